The van der Waals surface area contributed by atoms with Crippen LogP contribution in [0.15, 0.2) is 24.3 Å². The molecular formula is C13H16O3. The number of ketones is 1. The zero-order valence-corrected chi connectivity index (χ0v) is 9.60. The molecule has 0 unspecified atom stereocenters. The van der Waals surface area contributed by atoms with Gasteiger partial charge in [0, 0.05) is 5.56 Å². The molecule has 1 atom stereocenters. The Bertz CT molecular complexity index is 354. The van der Waals surface area contributed by atoms with Crippen molar-refractivity contribution in [2.24, 2.45) is 5.92 Å². The Morgan fingerprint density at radius 3 is 2.50 bits per heavy atom. The highest BCUT2D eigenvalue weighted by atomic mass is 16.5. The zero-order chi connectivity index (χ0) is 12.0. The van der Waals surface area contributed by atoms with Crippen LogP contribution in [0, 0.1) is 5.92 Å². The zero-order valence-electron chi connectivity index (χ0n) is 9.60. The van der Waals surface area contributed by atoms with E-state index in [1.165, 1.54) is 0 Å². The summed E-state index contributed by atoms with van der Waals surface area (Å²) in [5, 5.41) is 0. The van der Waals surface area contributed by atoms with Crippen LogP contribution in [0.2, 0.25) is 0 Å². The maximum Gasteiger partial charge on any atom is 0.225 e. The summed E-state index contributed by atoms with van der Waals surface area (Å²) in [4.78, 5) is 21.3. The summed E-state index contributed by atoms with van der Waals surface area (Å²) in [5.41, 5.74) is 0.394. The SMILES string of the molecule is CC[C@H](C)COc1ccc(C(=O)C=O)cc1. The van der Waals surface area contributed by atoms with Gasteiger partial charge >= 0.3 is 0 Å². The van der Waals surface area contributed by atoms with Crippen molar-refractivity contribution in [2.75, 3.05) is 6.61 Å². The normalized spacial score (nSPS) is 11.9. The number of Topliss-reactive ketones (excluding diaryl/α,β-unsaturated/α-hetero) is 1. The summed E-state index contributed by atoms with van der Waals surface area (Å²) >= 11 is 0. The highest BCUT2D eigenvalue weighted by Crippen LogP contribution is 2.14. The van der Waals surface area contributed by atoms with Gasteiger partial charge in [0.1, 0.15) is 5.75 Å². The second kappa shape index (κ2) is 6.05. The van der Waals surface area contributed by atoms with Crippen molar-refractivity contribution in [3.05, 3.63) is 29.8 Å². The molecule has 0 amide bonds. The standard InChI is InChI=1S/C13H16O3/c1-3-10(2)9-16-12-6-4-11(5-7-12)13(15)8-14/h4-8,10H,3,9H2,1-2H3/t10-/m0/s1. The van der Waals surface area contributed by atoms with Crippen LogP contribution in [0.4, 0.5) is 0 Å². The lowest BCUT2D eigenvalue weighted by Crippen LogP contribution is -2.07. The van der Waals surface area contributed by atoms with Crippen LogP contribution >= 0.6 is 0 Å². The van der Waals surface area contributed by atoms with Gasteiger partial charge in [-0.2, -0.15) is 0 Å². The van der Waals surface area contributed by atoms with E-state index >= 15 is 0 Å². The highest BCUT2D eigenvalue weighted by molar-refractivity contribution is 6.33. The Balaban J connectivity index is 2.58. The van der Waals surface area contributed by atoms with Gasteiger partial charge in [-0.15, -0.1) is 0 Å². The van der Waals surface area contributed by atoms with Gasteiger partial charge in [0.05, 0.1) is 6.61 Å². The molecule has 0 bridgehead atoms. The number of hydrogen-bond acceptors (Lipinski definition) is 3. The van der Waals surface area contributed by atoms with Crippen molar-refractivity contribution >= 4 is 12.1 Å². The number of rotatable bonds is 6. The summed E-state index contributed by atoms with van der Waals surface area (Å²) in [6.07, 6.45) is 1.39. The van der Waals surface area contributed by atoms with E-state index in [1.54, 1.807) is 24.3 Å². The fourth-order valence-corrected chi connectivity index (χ4v) is 1.14. The molecule has 0 aliphatic carbocycles. The number of benzene rings is 1. The van der Waals surface area contributed by atoms with Gasteiger partial charge < -0.3 is 4.74 Å². The van der Waals surface area contributed by atoms with Gasteiger partial charge in [-0.25, -0.2) is 0 Å². The first-order valence-corrected chi connectivity index (χ1v) is 5.39. The third-order valence-corrected chi connectivity index (χ3v) is 2.48. The summed E-state index contributed by atoms with van der Waals surface area (Å²) in [7, 11) is 0. The van der Waals surface area contributed by atoms with Crippen molar-refractivity contribution in [1.82, 2.24) is 0 Å². The van der Waals surface area contributed by atoms with E-state index in [0.29, 0.717) is 24.4 Å². The lowest BCUT2D eigenvalue weighted by atomic mass is 10.1. The van der Waals surface area contributed by atoms with Crippen molar-refractivity contribution in [3.63, 3.8) is 0 Å². The topological polar surface area (TPSA) is 43.4 Å². The molecule has 0 aromatic heterocycles. The molecule has 1 rings (SSSR count). The molecule has 1 aromatic carbocycles. The largest absolute Gasteiger partial charge is 0.493 e. The van der Waals surface area contributed by atoms with E-state index in [-0.39, 0.29) is 0 Å². The molecule has 0 saturated carbocycles. The van der Waals surface area contributed by atoms with Crippen LogP contribution < -0.4 is 4.74 Å². The molecule has 0 radical (unpaired) electrons. The van der Waals surface area contributed by atoms with Crippen LogP contribution in [-0.2, 0) is 4.79 Å². The molecule has 0 spiro atoms. The van der Waals surface area contributed by atoms with Crippen molar-refractivity contribution in [1.29, 1.82) is 0 Å². The lowest BCUT2D eigenvalue weighted by molar-refractivity contribution is -0.104. The molecule has 16 heavy (non-hydrogen) atoms. The maximum atomic E-state index is 11.0. The fourth-order valence-electron chi connectivity index (χ4n) is 1.14. The third-order valence-electron chi connectivity index (χ3n) is 2.48. The number of carbonyl (C=O) groups excluding carboxylic acids is 2. The Hall–Kier alpha value is -1.64. The molecular weight excluding hydrogens is 204 g/mol. The minimum Gasteiger partial charge on any atom is -0.493 e. The lowest BCUT2D eigenvalue weighted by Gasteiger charge is -2.10. The molecule has 0 aliphatic heterocycles. The molecule has 1 aromatic rings. The van der Waals surface area contributed by atoms with Gasteiger partial charge in [0.2, 0.25) is 5.78 Å². The number of carbonyl (C=O) groups is 2. The second-order valence-electron chi connectivity index (χ2n) is 3.83. The van der Waals surface area contributed by atoms with Crippen LogP contribution in [0.1, 0.15) is 30.6 Å². The smallest absolute Gasteiger partial charge is 0.225 e. The van der Waals surface area contributed by atoms with Crippen molar-refractivity contribution in [3.8, 4) is 5.75 Å². The first-order valence-electron chi connectivity index (χ1n) is 5.39. The van der Waals surface area contributed by atoms with E-state index < -0.39 is 5.78 Å². The molecule has 0 N–H and O–H groups in total. The van der Waals surface area contributed by atoms with Gasteiger partial charge in [0.15, 0.2) is 6.29 Å². The predicted octanol–water partition coefficient (Wildman–Crippen LogP) is 2.49. The van der Waals surface area contributed by atoms with E-state index in [9.17, 15) is 9.59 Å². The van der Waals surface area contributed by atoms with E-state index in [1.807, 2.05) is 0 Å². The second-order valence-corrected chi connectivity index (χ2v) is 3.83. The predicted molar refractivity (Wildman–Crippen MR) is 61.8 cm³/mol. The Morgan fingerprint density at radius 2 is 2.00 bits per heavy atom. The highest BCUT2D eigenvalue weighted by Gasteiger charge is 2.04. The fraction of sp³-hybridized carbons (Fsp3) is 0.385. The minimum absolute atomic E-state index is 0.315. The Morgan fingerprint density at radius 1 is 1.38 bits per heavy atom. The quantitative estimate of drug-likeness (QED) is 0.420. The van der Waals surface area contributed by atoms with Gasteiger partial charge in [-0.1, -0.05) is 20.3 Å². The Kier molecular flexibility index (Phi) is 4.70. The molecule has 3 nitrogen and oxygen atoms in total. The minimum atomic E-state index is -0.506. The monoisotopic (exact) mass is 220 g/mol. The third kappa shape index (κ3) is 3.50. The van der Waals surface area contributed by atoms with Gasteiger partial charge in [-0.05, 0) is 30.2 Å². The molecule has 0 heterocycles. The summed E-state index contributed by atoms with van der Waals surface area (Å²) < 4.78 is 5.53. The first kappa shape index (κ1) is 12.4. The average Bonchev–Trinajstić information content (AvgIpc) is 2.35. The summed E-state index contributed by atoms with van der Waals surface area (Å²) in [6.45, 7) is 4.89. The van der Waals surface area contributed by atoms with Crippen LogP contribution in [0.5, 0.6) is 5.75 Å². The first-order chi connectivity index (χ1) is 7.67. The van der Waals surface area contributed by atoms with Crippen molar-refractivity contribution < 1.29 is 14.3 Å². The van der Waals surface area contributed by atoms with Crippen molar-refractivity contribution in [2.45, 2.75) is 20.3 Å². The number of aldehydes is 1. The van der Waals surface area contributed by atoms with Crippen LogP contribution in [0.3, 0.4) is 0 Å². The van der Waals surface area contributed by atoms with Crippen LogP contribution in [-0.4, -0.2) is 18.7 Å². The van der Waals surface area contributed by atoms with Gasteiger partial charge in [-0.3, -0.25) is 9.59 Å². The summed E-state index contributed by atoms with van der Waals surface area (Å²) in [6, 6.07) is 6.61. The molecule has 0 aliphatic rings. The van der Waals surface area contributed by atoms with E-state index in [4.69, 9.17) is 4.74 Å². The molecule has 0 fully saturated rings. The summed E-state index contributed by atoms with van der Waals surface area (Å²) in [5.74, 6) is 0.729. The van der Waals surface area contributed by atoms with E-state index in [2.05, 4.69) is 13.8 Å². The van der Waals surface area contributed by atoms with Gasteiger partial charge in [0.25, 0.3) is 0 Å². The average molecular weight is 220 g/mol. The number of ether oxygens (including phenoxy) is 1. The molecule has 86 valence electrons. The molecule has 3 heteroatoms. The Labute approximate surface area is 95.4 Å². The van der Waals surface area contributed by atoms with E-state index in [0.717, 1.165) is 12.2 Å². The molecule has 0 saturated heterocycles. The van der Waals surface area contributed by atoms with Crippen LogP contribution in [0.25, 0.3) is 0 Å². The number of hydrogen-bond donors (Lipinski definition) is 0. The maximum absolute atomic E-state index is 11.0.